The van der Waals surface area contributed by atoms with Gasteiger partial charge in [-0.1, -0.05) is 24.6 Å². The van der Waals surface area contributed by atoms with Crippen LogP contribution >= 0.6 is 11.6 Å². The molecule has 3 aromatic rings. The van der Waals surface area contributed by atoms with Gasteiger partial charge in [0.05, 0.1) is 5.92 Å². The van der Waals surface area contributed by atoms with Gasteiger partial charge in [0, 0.05) is 41.2 Å². The van der Waals surface area contributed by atoms with Gasteiger partial charge in [-0.15, -0.1) is 0 Å². The third-order valence-electron chi connectivity index (χ3n) is 5.62. The van der Waals surface area contributed by atoms with Gasteiger partial charge in [0.2, 0.25) is 5.88 Å². The third-order valence-corrected chi connectivity index (χ3v) is 5.95. The Morgan fingerprint density at radius 3 is 2.26 bits per heavy atom. The molecule has 0 bridgehead atoms. The predicted molar refractivity (Wildman–Crippen MR) is 121 cm³/mol. The number of hydrogen-bond acceptors (Lipinski definition) is 5. The van der Waals surface area contributed by atoms with Gasteiger partial charge in [0.1, 0.15) is 5.75 Å². The Labute approximate surface area is 199 Å². The lowest BCUT2D eigenvalue weighted by Gasteiger charge is -2.28. The lowest BCUT2D eigenvalue weighted by Crippen LogP contribution is -2.29. The number of benzene rings is 1. The fraction of sp³-hybridized carbons (Fsp3) is 0.333. The summed E-state index contributed by atoms with van der Waals surface area (Å²) in [5, 5.41) is 18.6. The quantitative estimate of drug-likeness (QED) is 0.454. The number of ether oxygens (including phenoxy) is 1. The number of aryl methyl sites for hydroxylation is 3. The maximum Gasteiger partial charge on any atom is 0.396 e. The molecule has 2 heterocycles. The van der Waals surface area contributed by atoms with Crippen LogP contribution in [0.5, 0.6) is 11.6 Å². The van der Waals surface area contributed by atoms with E-state index in [4.69, 9.17) is 16.3 Å². The second kappa shape index (κ2) is 9.77. The third kappa shape index (κ3) is 5.43. The van der Waals surface area contributed by atoms with Crippen molar-refractivity contribution in [1.29, 1.82) is 0 Å². The van der Waals surface area contributed by atoms with E-state index >= 15 is 0 Å². The zero-order valence-electron chi connectivity index (χ0n) is 18.9. The lowest BCUT2D eigenvalue weighted by molar-refractivity contribution is -0.154. The summed E-state index contributed by atoms with van der Waals surface area (Å²) >= 11 is 6.38. The number of aliphatic hydroxyl groups excluding tert-OH is 1. The molecule has 3 rings (SSSR count). The first-order valence-corrected chi connectivity index (χ1v) is 10.7. The van der Waals surface area contributed by atoms with Crippen LogP contribution in [0.4, 0.5) is 13.2 Å². The van der Waals surface area contributed by atoms with Crippen molar-refractivity contribution in [2.45, 2.75) is 45.1 Å². The Morgan fingerprint density at radius 1 is 1.09 bits per heavy atom. The second-order valence-electron chi connectivity index (χ2n) is 8.23. The molecule has 6 nitrogen and oxygen atoms in total. The van der Waals surface area contributed by atoms with Gasteiger partial charge in [-0.3, -0.25) is 4.79 Å². The number of aromatic nitrogens is 2. The normalized spacial score (nSPS) is 13.7. The van der Waals surface area contributed by atoms with E-state index in [9.17, 15) is 28.2 Å². The first-order valence-electron chi connectivity index (χ1n) is 10.3. The predicted octanol–water partition coefficient (Wildman–Crippen LogP) is 5.28. The summed E-state index contributed by atoms with van der Waals surface area (Å²) in [4.78, 5) is 16.0. The Morgan fingerprint density at radius 2 is 1.74 bits per heavy atom. The van der Waals surface area contributed by atoms with Crippen molar-refractivity contribution in [2.75, 3.05) is 0 Å². The summed E-state index contributed by atoms with van der Waals surface area (Å²) in [5.74, 6) is -2.49. The molecule has 0 aliphatic heterocycles. The summed E-state index contributed by atoms with van der Waals surface area (Å²) in [6.45, 7) is 4.58. The zero-order chi connectivity index (χ0) is 25.4. The number of aliphatic hydroxyl groups is 2. The van der Waals surface area contributed by atoms with Crippen LogP contribution in [0.25, 0.3) is 0 Å². The van der Waals surface area contributed by atoms with Gasteiger partial charge in [-0.05, 0) is 55.2 Å². The van der Waals surface area contributed by atoms with E-state index in [1.54, 1.807) is 6.92 Å². The van der Waals surface area contributed by atoms with E-state index in [1.165, 1.54) is 63.6 Å². The van der Waals surface area contributed by atoms with Crippen molar-refractivity contribution >= 4 is 11.6 Å². The van der Waals surface area contributed by atoms with Crippen LogP contribution in [0.2, 0.25) is 5.02 Å². The first-order chi connectivity index (χ1) is 15.8. The molecule has 0 saturated carbocycles. The molecule has 0 spiro atoms. The van der Waals surface area contributed by atoms with Crippen molar-refractivity contribution in [3.63, 3.8) is 0 Å². The summed E-state index contributed by atoms with van der Waals surface area (Å²) < 4.78 is 49.3. The Balaban J connectivity index is 1.94. The van der Waals surface area contributed by atoms with E-state index < -0.39 is 24.3 Å². The van der Waals surface area contributed by atoms with E-state index in [1.807, 2.05) is 0 Å². The van der Waals surface area contributed by atoms with Crippen LogP contribution in [0.15, 0.2) is 47.5 Å². The largest absolute Gasteiger partial charge is 0.439 e. The van der Waals surface area contributed by atoms with Crippen molar-refractivity contribution < 1.29 is 28.1 Å². The molecule has 0 radical (unpaired) electrons. The molecule has 34 heavy (non-hydrogen) atoms. The minimum atomic E-state index is -4.58. The van der Waals surface area contributed by atoms with E-state index in [0.717, 1.165) is 4.57 Å². The molecule has 0 fully saturated rings. The second-order valence-corrected chi connectivity index (χ2v) is 8.64. The summed E-state index contributed by atoms with van der Waals surface area (Å²) in [7, 11) is 1.42. The Kier molecular flexibility index (Phi) is 7.40. The molecule has 0 aliphatic carbocycles. The van der Waals surface area contributed by atoms with Crippen molar-refractivity contribution in [3.05, 3.63) is 85.9 Å². The van der Waals surface area contributed by atoms with Crippen molar-refractivity contribution in [3.8, 4) is 11.6 Å². The van der Waals surface area contributed by atoms with E-state index in [2.05, 4.69) is 4.98 Å². The van der Waals surface area contributed by atoms with Crippen LogP contribution in [0.1, 0.15) is 52.9 Å². The minimum Gasteiger partial charge on any atom is -0.439 e. The molecule has 2 N–H and O–H groups in total. The maximum atomic E-state index is 14.1. The highest BCUT2D eigenvalue weighted by Gasteiger charge is 2.45. The van der Waals surface area contributed by atoms with Crippen LogP contribution in [-0.4, -0.2) is 25.9 Å². The number of halogens is 4. The zero-order valence-corrected chi connectivity index (χ0v) is 19.6. The van der Waals surface area contributed by atoms with Crippen LogP contribution in [0.3, 0.4) is 0 Å². The summed E-state index contributed by atoms with van der Waals surface area (Å²) in [6, 6.07) is 7.13. The molecule has 2 aromatic heterocycles. The maximum absolute atomic E-state index is 14.1. The Bertz CT molecular complexity index is 1230. The van der Waals surface area contributed by atoms with Gasteiger partial charge in [-0.25, -0.2) is 4.98 Å². The van der Waals surface area contributed by atoms with Crippen molar-refractivity contribution in [2.24, 2.45) is 7.05 Å². The number of pyridine rings is 2. The van der Waals surface area contributed by atoms with Gasteiger partial charge in [0.15, 0.2) is 6.29 Å². The number of hydrogen-bond donors (Lipinski definition) is 2. The molecular formula is C24H24ClF3N2O4. The van der Waals surface area contributed by atoms with Crippen LogP contribution < -0.4 is 10.3 Å². The average Bonchev–Trinajstić information content (AvgIpc) is 2.72. The lowest BCUT2D eigenvalue weighted by atomic mass is 9.82. The average molecular weight is 497 g/mol. The first kappa shape index (κ1) is 25.7. The number of rotatable bonds is 6. The molecule has 1 aromatic carbocycles. The van der Waals surface area contributed by atoms with Gasteiger partial charge in [-0.2, -0.15) is 13.2 Å². The molecule has 2 unspecified atom stereocenters. The monoisotopic (exact) mass is 496 g/mol. The van der Waals surface area contributed by atoms with Gasteiger partial charge < -0.3 is 19.5 Å². The SMILES string of the molecule is Cc1cc(C(O)O)cnc1Oc1ccc(C(C)C(c2cc(C)c(=O)n(C)c2)C(F)(F)F)c(Cl)c1. The van der Waals surface area contributed by atoms with Crippen LogP contribution in [0, 0.1) is 13.8 Å². The standard InChI is InChI=1S/C24H24ClF3N2O4/c1-12-7-15(23(32)33)10-29-21(12)34-17-5-6-18(19(25)9-17)14(3)20(24(26,27)28)16-8-13(2)22(31)30(4)11-16/h5-11,14,20,23,32-33H,1-4H3. The molecule has 0 aliphatic rings. The fourth-order valence-electron chi connectivity index (χ4n) is 3.90. The Hall–Kier alpha value is -2.88. The minimum absolute atomic E-state index is 0.0259. The number of nitrogens with zero attached hydrogens (tertiary/aromatic N) is 2. The summed E-state index contributed by atoms with van der Waals surface area (Å²) in [6.07, 6.45) is -3.81. The highest BCUT2D eigenvalue weighted by molar-refractivity contribution is 6.31. The smallest absolute Gasteiger partial charge is 0.396 e. The highest BCUT2D eigenvalue weighted by atomic mass is 35.5. The fourth-order valence-corrected chi connectivity index (χ4v) is 4.25. The topological polar surface area (TPSA) is 84.6 Å². The molecule has 10 heteroatoms. The molecule has 2 atom stereocenters. The highest BCUT2D eigenvalue weighted by Crippen LogP contribution is 2.46. The molecule has 0 amide bonds. The molecule has 182 valence electrons. The number of alkyl halides is 3. The van der Waals surface area contributed by atoms with Gasteiger partial charge in [0.25, 0.3) is 5.56 Å². The summed E-state index contributed by atoms with van der Waals surface area (Å²) in [5.41, 5.74) is 0.828. The van der Waals surface area contributed by atoms with E-state index in [0.29, 0.717) is 5.56 Å². The van der Waals surface area contributed by atoms with Gasteiger partial charge >= 0.3 is 6.18 Å². The molecular weight excluding hydrogens is 473 g/mol. The van der Waals surface area contributed by atoms with E-state index in [-0.39, 0.29) is 44.5 Å². The van der Waals surface area contributed by atoms with Crippen molar-refractivity contribution in [1.82, 2.24) is 9.55 Å². The molecule has 0 saturated heterocycles. The van der Waals surface area contributed by atoms with Crippen LogP contribution in [-0.2, 0) is 7.05 Å².